The van der Waals surface area contributed by atoms with E-state index in [2.05, 4.69) is 15.6 Å². The van der Waals surface area contributed by atoms with Gasteiger partial charge < -0.3 is 4.57 Å². The SMILES string of the molecule is Clc1cccc(-c2nc3cccnc3n2C2CCSC2)c1. The number of fused-ring (bicyclic) bond motifs is 1. The summed E-state index contributed by atoms with van der Waals surface area (Å²) in [6.07, 6.45) is 3.00. The second-order valence-corrected chi connectivity index (χ2v) is 6.77. The Morgan fingerprint density at radius 3 is 3.00 bits per heavy atom. The first-order chi connectivity index (χ1) is 10.3. The van der Waals surface area contributed by atoms with Crippen LogP contribution in [0.2, 0.25) is 5.02 Å². The lowest BCUT2D eigenvalue weighted by Gasteiger charge is -2.15. The van der Waals surface area contributed by atoms with E-state index >= 15 is 0 Å². The van der Waals surface area contributed by atoms with Crippen molar-refractivity contribution in [3.63, 3.8) is 0 Å². The van der Waals surface area contributed by atoms with Crippen LogP contribution in [0, 0.1) is 0 Å². The minimum Gasteiger partial charge on any atom is -0.305 e. The van der Waals surface area contributed by atoms with Gasteiger partial charge in [-0.05, 0) is 36.4 Å². The van der Waals surface area contributed by atoms with E-state index in [0.717, 1.165) is 33.3 Å². The second-order valence-electron chi connectivity index (χ2n) is 5.18. The molecule has 1 saturated heterocycles. The van der Waals surface area contributed by atoms with Gasteiger partial charge in [-0.25, -0.2) is 9.97 Å². The molecule has 0 N–H and O–H groups in total. The number of thioether (sulfide) groups is 1. The molecule has 0 bridgehead atoms. The van der Waals surface area contributed by atoms with E-state index in [0.29, 0.717) is 6.04 Å². The molecular formula is C16H14ClN3S. The lowest BCUT2D eigenvalue weighted by atomic mass is 10.2. The normalized spacial score (nSPS) is 18.4. The number of halogens is 1. The Kier molecular flexibility index (Phi) is 3.36. The van der Waals surface area contributed by atoms with Gasteiger partial charge in [-0.3, -0.25) is 0 Å². The summed E-state index contributed by atoms with van der Waals surface area (Å²) >= 11 is 8.14. The molecule has 0 amide bonds. The average Bonchev–Trinajstić information content (AvgIpc) is 3.14. The number of benzene rings is 1. The highest BCUT2D eigenvalue weighted by Gasteiger charge is 2.24. The van der Waals surface area contributed by atoms with Crippen LogP contribution in [0.5, 0.6) is 0 Å². The predicted molar refractivity (Wildman–Crippen MR) is 89.0 cm³/mol. The van der Waals surface area contributed by atoms with Crippen LogP contribution in [0.4, 0.5) is 0 Å². The summed E-state index contributed by atoms with van der Waals surface area (Å²) in [5.41, 5.74) is 2.97. The zero-order chi connectivity index (χ0) is 14.2. The standard InChI is InChI=1S/C16H14ClN3S/c17-12-4-1-3-11(9-12)15-19-14-5-2-7-18-16(14)20(15)13-6-8-21-10-13/h1-5,7,9,13H,6,8,10H2. The fourth-order valence-electron chi connectivity index (χ4n) is 2.83. The van der Waals surface area contributed by atoms with Gasteiger partial charge in [0.15, 0.2) is 5.65 Å². The van der Waals surface area contributed by atoms with Crippen molar-refractivity contribution >= 4 is 34.5 Å². The summed E-state index contributed by atoms with van der Waals surface area (Å²) < 4.78 is 2.29. The number of pyridine rings is 1. The Morgan fingerprint density at radius 2 is 2.19 bits per heavy atom. The highest BCUT2D eigenvalue weighted by atomic mass is 35.5. The monoisotopic (exact) mass is 315 g/mol. The molecule has 1 unspecified atom stereocenters. The van der Waals surface area contributed by atoms with E-state index in [4.69, 9.17) is 16.6 Å². The van der Waals surface area contributed by atoms with Crippen molar-refractivity contribution in [2.24, 2.45) is 0 Å². The highest BCUT2D eigenvalue weighted by molar-refractivity contribution is 7.99. The topological polar surface area (TPSA) is 30.7 Å². The molecule has 0 aliphatic carbocycles. The van der Waals surface area contributed by atoms with Crippen molar-refractivity contribution in [1.82, 2.24) is 14.5 Å². The van der Waals surface area contributed by atoms with E-state index in [1.165, 1.54) is 12.2 Å². The van der Waals surface area contributed by atoms with Gasteiger partial charge in [0, 0.05) is 28.6 Å². The Hall–Kier alpha value is -1.52. The third-order valence-corrected chi connectivity index (χ3v) is 5.18. The van der Waals surface area contributed by atoms with E-state index in [9.17, 15) is 0 Å². The number of rotatable bonds is 2. The lowest BCUT2D eigenvalue weighted by Crippen LogP contribution is -2.10. The van der Waals surface area contributed by atoms with Gasteiger partial charge >= 0.3 is 0 Å². The number of aromatic nitrogens is 3. The molecule has 1 aliphatic heterocycles. The number of imidazole rings is 1. The fourth-order valence-corrected chi connectivity index (χ4v) is 4.22. The first kappa shape index (κ1) is 13.2. The minimum atomic E-state index is 0.462. The molecule has 4 rings (SSSR count). The molecule has 1 aliphatic rings. The first-order valence-corrected chi connectivity index (χ1v) is 8.53. The van der Waals surface area contributed by atoms with E-state index in [1.54, 1.807) is 0 Å². The molecule has 1 aromatic carbocycles. The van der Waals surface area contributed by atoms with Crippen LogP contribution >= 0.6 is 23.4 Å². The van der Waals surface area contributed by atoms with Gasteiger partial charge in [0.2, 0.25) is 0 Å². The Balaban J connectivity index is 1.97. The maximum atomic E-state index is 6.15. The third kappa shape index (κ3) is 2.32. The molecule has 1 fully saturated rings. The molecule has 2 aromatic heterocycles. The zero-order valence-electron chi connectivity index (χ0n) is 11.4. The number of nitrogens with zero attached hydrogens (tertiary/aromatic N) is 3. The zero-order valence-corrected chi connectivity index (χ0v) is 12.9. The minimum absolute atomic E-state index is 0.462. The van der Waals surface area contributed by atoms with Crippen molar-refractivity contribution in [2.45, 2.75) is 12.5 Å². The summed E-state index contributed by atoms with van der Waals surface area (Å²) in [6.45, 7) is 0. The summed E-state index contributed by atoms with van der Waals surface area (Å²) in [4.78, 5) is 9.35. The van der Waals surface area contributed by atoms with Crippen LogP contribution in [0.15, 0.2) is 42.6 Å². The van der Waals surface area contributed by atoms with E-state index in [-0.39, 0.29) is 0 Å². The second kappa shape index (κ2) is 5.35. The summed E-state index contributed by atoms with van der Waals surface area (Å²) in [5.74, 6) is 3.29. The van der Waals surface area contributed by atoms with Gasteiger partial charge in [0.1, 0.15) is 11.3 Å². The fraction of sp³-hybridized carbons (Fsp3) is 0.250. The molecule has 0 radical (unpaired) electrons. The van der Waals surface area contributed by atoms with Crippen LogP contribution in [0.1, 0.15) is 12.5 Å². The quantitative estimate of drug-likeness (QED) is 0.701. The molecule has 1 atom stereocenters. The Labute approximate surface area is 132 Å². The van der Waals surface area contributed by atoms with Crippen LogP contribution in [-0.2, 0) is 0 Å². The van der Waals surface area contributed by atoms with Crippen molar-refractivity contribution < 1.29 is 0 Å². The molecule has 3 aromatic rings. The summed E-state index contributed by atoms with van der Waals surface area (Å²) in [5, 5.41) is 0.736. The van der Waals surface area contributed by atoms with Crippen molar-refractivity contribution in [3.05, 3.63) is 47.6 Å². The van der Waals surface area contributed by atoms with Gasteiger partial charge in [-0.1, -0.05) is 23.7 Å². The predicted octanol–water partition coefficient (Wildman–Crippen LogP) is 4.43. The van der Waals surface area contributed by atoms with Gasteiger partial charge in [-0.2, -0.15) is 11.8 Å². The average molecular weight is 316 g/mol. The maximum Gasteiger partial charge on any atom is 0.160 e. The lowest BCUT2D eigenvalue weighted by molar-refractivity contribution is 0.577. The van der Waals surface area contributed by atoms with Crippen LogP contribution in [0.3, 0.4) is 0 Å². The molecule has 21 heavy (non-hydrogen) atoms. The molecule has 5 heteroatoms. The molecule has 3 heterocycles. The van der Waals surface area contributed by atoms with Crippen molar-refractivity contribution in [2.75, 3.05) is 11.5 Å². The smallest absolute Gasteiger partial charge is 0.160 e. The largest absolute Gasteiger partial charge is 0.305 e. The molecule has 3 nitrogen and oxygen atoms in total. The first-order valence-electron chi connectivity index (χ1n) is 6.99. The highest BCUT2D eigenvalue weighted by Crippen LogP contribution is 2.35. The van der Waals surface area contributed by atoms with E-state index in [1.807, 2.05) is 48.3 Å². The van der Waals surface area contributed by atoms with Gasteiger partial charge in [-0.15, -0.1) is 0 Å². The summed E-state index contributed by atoms with van der Waals surface area (Å²) in [6, 6.07) is 12.3. The Bertz CT molecular complexity index is 793. The third-order valence-electron chi connectivity index (χ3n) is 3.80. The van der Waals surface area contributed by atoms with E-state index < -0.39 is 0 Å². The number of hydrogen-bond acceptors (Lipinski definition) is 3. The summed E-state index contributed by atoms with van der Waals surface area (Å²) in [7, 11) is 0. The van der Waals surface area contributed by atoms with Crippen molar-refractivity contribution in [3.8, 4) is 11.4 Å². The molecule has 106 valence electrons. The molecule has 0 spiro atoms. The van der Waals surface area contributed by atoms with Crippen LogP contribution < -0.4 is 0 Å². The molecular weight excluding hydrogens is 302 g/mol. The maximum absolute atomic E-state index is 6.15. The van der Waals surface area contributed by atoms with Crippen molar-refractivity contribution in [1.29, 1.82) is 0 Å². The van der Waals surface area contributed by atoms with Crippen LogP contribution in [0.25, 0.3) is 22.6 Å². The van der Waals surface area contributed by atoms with Crippen LogP contribution in [-0.4, -0.2) is 26.0 Å². The Morgan fingerprint density at radius 1 is 1.24 bits per heavy atom. The van der Waals surface area contributed by atoms with Gasteiger partial charge in [0.25, 0.3) is 0 Å². The van der Waals surface area contributed by atoms with Gasteiger partial charge in [0.05, 0.1) is 0 Å². The molecule has 0 saturated carbocycles. The number of hydrogen-bond donors (Lipinski definition) is 0.